The van der Waals surface area contributed by atoms with E-state index in [0.717, 1.165) is 13.0 Å². The van der Waals surface area contributed by atoms with Gasteiger partial charge in [0.05, 0.1) is 27.9 Å². The van der Waals surface area contributed by atoms with Gasteiger partial charge in [-0.3, -0.25) is 14.4 Å². The highest BCUT2D eigenvalue weighted by molar-refractivity contribution is 6.53. The average molecular weight is 622 g/mol. The maximum absolute atomic E-state index is 13.8. The van der Waals surface area contributed by atoms with E-state index < -0.39 is 45.5 Å². The summed E-state index contributed by atoms with van der Waals surface area (Å²) in [6.07, 6.45) is 0. The van der Waals surface area contributed by atoms with Crippen molar-refractivity contribution in [3.8, 4) is 0 Å². The second-order valence-corrected chi connectivity index (χ2v) is 11.2. The summed E-state index contributed by atoms with van der Waals surface area (Å²) in [7, 11) is 0. The fourth-order valence-corrected chi connectivity index (χ4v) is 5.53. The Hall–Kier alpha value is -2.62. The molecule has 0 saturated heterocycles. The molecule has 1 aliphatic rings. The lowest BCUT2D eigenvalue weighted by atomic mass is 10.1. The molecule has 2 atom stereocenters. The highest BCUT2D eigenvalue weighted by atomic mass is 35.5. The van der Waals surface area contributed by atoms with Gasteiger partial charge in [0.1, 0.15) is 4.33 Å². The predicted octanol–water partition coefficient (Wildman–Crippen LogP) is 7.66. The van der Waals surface area contributed by atoms with Crippen LogP contribution in [-0.2, 0) is 9.59 Å². The van der Waals surface area contributed by atoms with Crippen molar-refractivity contribution in [3.05, 3.63) is 86.4 Å². The maximum Gasteiger partial charge on any atom is 0.257 e. The Bertz CT molecular complexity index is 1460. The van der Waals surface area contributed by atoms with E-state index in [-0.39, 0.29) is 27.6 Å². The number of carbonyl (C=O) groups is 3. The first-order valence-electron chi connectivity index (χ1n) is 10.8. The minimum atomic E-state index is -1.42. The van der Waals surface area contributed by atoms with Crippen LogP contribution < -0.4 is 16.0 Å². The van der Waals surface area contributed by atoms with Gasteiger partial charge in [0.15, 0.2) is 11.6 Å². The van der Waals surface area contributed by atoms with E-state index >= 15 is 0 Å². The van der Waals surface area contributed by atoms with E-state index in [2.05, 4.69) is 16.0 Å². The highest BCUT2D eigenvalue weighted by Crippen LogP contribution is 2.65. The van der Waals surface area contributed by atoms with Gasteiger partial charge < -0.3 is 16.0 Å². The monoisotopic (exact) mass is 619 g/mol. The van der Waals surface area contributed by atoms with Gasteiger partial charge in [-0.25, -0.2) is 8.78 Å². The number of alkyl halides is 2. The van der Waals surface area contributed by atoms with Crippen LogP contribution in [0.3, 0.4) is 0 Å². The number of anilines is 3. The summed E-state index contributed by atoms with van der Waals surface area (Å²) in [6, 6.07) is 10.3. The summed E-state index contributed by atoms with van der Waals surface area (Å²) in [6.45, 7) is 1.16. The van der Waals surface area contributed by atoms with Gasteiger partial charge in [0, 0.05) is 40.7 Å². The Morgan fingerprint density at radius 1 is 0.816 bits per heavy atom. The molecule has 1 saturated carbocycles. The van der Waals surface area contributed by atoms with Crippen LogP contribution >= 0.6 is 58.0 Å². The number of hydrogen-bond donors (Lipinski definition) is 3. The second-order valence-electron chi connectivity index (χ2n) is 8.46. The van der Waals surface area contributed by atoms with Crippen molar-refractivity contribution in [3.63, 3.8) is 0 Å². The summed E-state index contributed by atoms with van der Waals surface area (Å²) >= 11 is 31.1. The third-order valence-electron chi connectivity index (χ3n) is 5.68. The van der Waals surface area contributed by atoms with Gasteiger partial charge in [-0.2, -0.15) is 0 Å². The lowest BCUT2D eigenvalue weighted by Gasteiger charge is -2.14. The highest BCUT2D eigenvalue weighted by Gasteiger charge is 2.67. The van der Waals surface area contributed by atoms with Crippen LogP contribution in [0.4, 0.5) is 25.8 Å². The Kier molecular flexibility index (Phi) is 8.12. The van der Waals surface area contributed by atoms with Gasteiger partial charge >= 0.3 is 0 Å². The third kappa shape index (κ3) is 6.00. The van der Waals surface area contributed by atoms with E-state index in [1.165, 1.54) is 24.3 Å². The normalized spacial score (nSPS) is 17.5. The molecule has 198 valence electrons. The van der Waals surface area contributed by atoms with Crippen molar-refractivity contribution in [2.75, 3.05) is 16.0 Å². The minimum Gasteiger partial charge on any atom is -0.326 e. The van der Waals surface area contributed by atoms with Gasteiger partial charge in [-0.15, -0.1) is 23.2 Å². The van der Waals surface area contributed by atoms with Crippen molar-refractivity contribution in [2.45, 2.75) is 17.2 Å². The number of nitrogens with one attached hydrogen (secondary N) is 3. The number of amides is 3. The molecule has 0 aliphatic heterocycles. The summed E-state index contributed by atoms with van der Waals surface area (Å²) in [4.78, 5) is 37.4. The number of carbonyl (C=O) groups excluding carboxylic acids is 3. The van der Waals surface area contributed by atoms with Gasteiger partial charge in [0.25, 0.3) is 5.91 Å². The molecule has 0 bridgehead atoms. The second kappa shape index (κ2) is 10.9. The fourth-order valence-electron chi connectivity index (χ4n) is 3.95. The van der Waals surface area contributed by atoms with Crippen molar-refractivity contribution in [1.82, 2.24) is 0 Å². The molecule has 3 aromatic rings. The number of halogens is 7. The Labute approximate surface area is 240 Å². The third-order valence-corrected chi connectivity index (χ3v) is 7.38. The van der Waals surface area contributed by atoms with Crippen LogP contribution in [0, 0.1) is 17.6 Å². The first kappa shape index (κ1) is 28.4. The molecular formula is C25H16Cl5F2N3O3. The molecule has 13 heteroatoms. The SMILES string of the molecule is CC(=O)Nc1cc(F)c(F)cc1NC(=O)c1cc(NC(=O)C2C(c3cc(Cl)cc(Cl)c3)C2(Cl)Cl)ccc1Cl. The summed E-state index contributed by atoms with van der Waals surface area (Å²) < 4.78 is 26.1. The molecule has 1 fully saturated rings. The fraction of sp³-hybridized carbons (Fsp3) is 0.160. The molecule has 3 amide bonds. The first-order chi connectivity index (χ1) is 17.8. The molecule has 0 spiro atoms. The van der Waals surface area contributed by atoms with Crippen molar-refractivity contribution in [1.29, 1.82) is 0 Å². The Morgan fingerprint density at radius 3 is 1.97 bits per heavy atom. The van der Waals surface area contributed by atoms with Gasteiger partial charge in [0.2, 0.25) is 11.8 Å². The summed E-state index contributed by atoms with van der Waals surface area (Å²) in [5.41, 5.74) is 0.317. The van der Waals surface area contributed by atoms with Crippen LogP contribution in [0.5, 0.6) is 0 Å². The lowest BCUT2D eigenvalue weighted by molar-refractivity contribution is -0.117. The van der Waals surface area contributed by atoms with Crippen molar-refractivity contribution in [2.24, 2.45) is 5.92 Å². The molecular weight excluding hydrogens is 606 g/mol. The van der Waals surface area contributed by atoms with Crippen LogP contribution in [-0.4, -0.2) is 22.1 Å². The molecule has 3 N–H and O–H groups in total. The number of rotatable bonds is 6. The molecule has 1 aliphatic carbocycles. The van der Waals surface area contributed by atoms with E-state index in [9.17, 15) is 23.2 Å². The lowest BCUT2D eigenvalue weighted by Crippen LogP contribution is -2.19. The molecule has 2 unspecified atom stereocenters. The molecule has 4 rings (SSSR count). The quantitative estimate of drug-likeness (QED) is 0.247. The van der Waals surface area contributed by atoms with E-state index in [4.69, 9.17) is 58.0 Å². The number of hydrogen-bond acceptors (Lipinski definition) is 3. The largest absolute Gasteiger partial charge is 0.326 e. The standard InChI is InChI=1S/C25H16Cl5F2N3O3/c1-10(36)33-19-8-17(31)18(32)9-20(19)35-23(37)15-7-14(2-3-16(15)28)34-24(38)22-21(25(22,29)30)11-4-12(26)6-13(27)5-11/h2-9,21-22H,1H3,(H,33,36)(H,34,38)(H,35,37). The molecule has 0 radical (unpaired) electrons. The summed E-state index contributed by atoms with van der Waals surface area (Å²) in [5, 5.41) is 8.07. The Balaban J connectivity index is 1.54. The number of benzene rings is 3. The topological polar surface area (TPSA) is 87.3 Å². The minimum absolute atomic E-state index is 0.00561. The zero-order chi connectivity index (χ0) is 27.9. The van der Waals surface area contributed by atoms with E-state index in [1.807, 2.05) is 0 Å². The van der Waals surface area contributed by atoms with Crippen molar-refractivity contribution < 1.29 is 23.2 Å². The van der Waals surface area contributed by atoms with Crippen LogP contribution in [0.1, 0.15) is 28.8 Å². The van der Waals surface area contributed by atoms with Gasteiger partial charge in [-0.05, 0) is 42.0 Å². The van der Waals surface area contributed by atoms with Gasteiger partial charge in [-0.1, -0.05) is 34.8 Å². The predicted molar refractivity (Wildman–Crippen MR) is 146 cm³/mol. The molecule has 3 aromatic carbocycles. The molecule has 0 heterocycles. The average Bonchev–Trinajstić information content (AvgIpc) is 3.39. The zero-order valence-electron chi connectivity index (χ0n) is 19.1. The Morgan fingerprint density at radius 2 is 1.39 bits per heavy atom. The first-order valence-corrected chi connectivity index (χ1v) is 12.7. The van der Waals surface area contributed by atoms with Crippen molar-refractivity contribution >= 4 is 92.8 Å². The molecule has 38 heavy (non-hydrogen) atoms. The van der Waals surface area contributed by atoms with E-state index in [0.29, 0.717) is 21.7 Å². The van der Waals surface area contributed by atoms with Crippen LogP contribution in [0.2, 0.25) is 15.1 Å². The van der Waals surface area contributed by atoms with Crippen LogP contribution in [0.15, 0.2) is 48.5 Å². The molecule has 6 nitrogen and oxygen atoms in total. The summed E-state index contributed by atoms with van der Waals surface area (Å²) in [5.74, 6) is -5.81. The maximum atomic E-state index is 13.8. The zero-order valence-corrected chi connectivity index (χ0v) is 22.9. The van der Waals surface area contributed by atoms with E-state index in [1.54, 1.807) is 12.1 Å². The van der Waals surface area contributed by atoms with Crippen LogP contribution in [0.25, 0.3) is 0 Å². The smallest absolute Gasteiger partial charge is 0.257 e. The molecule has 0 aromatic heterocycles.